The van der Waals surface area contributed by atoms with Crippen LogP contribution in [0.25, 0.3) is 0 Å². The summed E-state index contributed by atoms with van der Waals surface area (Å²) in [5.41, 5.74) is 0. The van der Waals surface area contributed by atoms with Gasteiger partial charge >= 0.3 is 11.9 Å². The molecule has 0 spiro atoms. The molecule has 6 nitrogen and oxygen atoms in total. The van der Waals surface area contributed by atoms with E-state index in [1.54, 1.807) is 6.92 Å². The molecule has 4 N–H and O–H groups in total. The number of aliphatic hydroxyl groups excluding tert-OH is 1. The van der Waals surface area contributed by atoms with Crippen molar-refractivity contribution >= 4 is 11.9 Å². The standard InChI is InChI=1S/C35H40O5.H3N.13H2/c1-3-5-7-9-11-13-15-17-19-21-23-25-27-29-34(37)39-32-33(31-36)40-35(38)30-28-26-24-22-20-18-16-14-12-10-8-6-4-2;;;;;;;;;;;;;;/h33,36H,4,6,8,10,12,14,16,18,20,22,24,26,28,30-32H2,1-2H3;1H3;13*1H/t33-;;;;;;;;;;;;;;/m1............../s1. The average Bonchev–Trinajstić information content (AvgIpc) is 2.96. The van der Waals surface area contributed by atoms with Crippen molar-refractivity contribution in [2.45, 2.75) is 110 Å². The summed E-state index contributed by atoms with van der Waals surface area (Å²) in [6.45, 7) is 3.18. The van der Waals surface area contributed by atoms with E-state index in [-0.39, 0.29) is 37.7 Å². The number of hydrogen-bond acceptors (Lipinski definition) is 6. The molecule has 0 amide bonds. The van der Waals surface area contributed by atoms with Gasteiger partial charge in [-0.2, -0.15) is 0 Å². The van der Waals surface area contributed by atoms with E-state index in [2.05, 4.69) is 89.8 Å². The molecule has 0 bridgehead atoms. The molecule has 0 saturated heterocycles. The smallest absolute Gasteiger partial charge is 0.385 e. The summed E-state index contributed by atoms with van der Waals surface area (Å²) in [7, 11) is 0. The minimum atomic E-state index is -0.926. The van der Waals surface area contributed by atoms with Crippen LogP contribution < -0.4 is 6.15 Å². The van der Waals surface area contributed by atoms with Gasteiger partial charge in [0.05, 0.1) is 6.61 Å². The van der Waals surface area contributed by atoms with Crippen molar-refractivity contribution in [3.8, 4) is 82.9 Å². The van der Waals surface area contributed by atoms with Gasteiger partial charge in [-0.1, -0.05) is 89.9 Å². The van der Waals surface area contributed by atoms with Gasteiger partial charge in [-0.3, -0.25) is 4.79 Å². The predicted octanol–water partition coefficient (Wildman–Crippen LogP) is 8.32. The van der Waals surface area contributed by atoms with Gasteiger partial charge in [0.15, 0.2) is 6.10 Å². The first-order valence-electron chi connectivity index (χ1n) is 14.0. The van der Waals surface area contributed by atoms with Gasteiger partial charge in [0.25, 0.3) is 0 Å². The summed E-state index contributed by atoms with van der Waals surface area (Å²) in [6.07, 6.45) is 15.3. The third kappa shape index (κ3) is 30.2. The zero-order valence-electron chi connectivity index (χ0n) is 24.7. The van der Waals surface area contributed by atoms with Crippen LogP contribution in [0.1, 0.15) is 122 Å². The highest BCUT2D eigenvalue weighted by molar-refractivity contribution is 5.89. The van der Waals surface area contributed by atoms with Crippen LogP contribution in [0.3, 0.4) is 0 Å². The number of aliphatic hydroxyl groups is 1. The highest BCUT2D eigenvalue weighted by Crippen LogP contribution is 2.13. The molecule has 0 heterocycles. The Morgan fingerprint density at radius 1 is 0.659 bits per heavy atom. The number of rotatable bonds is 18. The molecular formula is C35H69NO5. The Morgan fingerprint density at radius 2 is 1.07 bits per heavy atom. The SMILES string of the molecule is CC#CC#CC#CC#CC#CC#CC#CC(=O)OC[C@@H](CO)OC(=O)CCCCCCCCCCCCCCC.N.[HH].[HH].[HH].[HH].[HH].[HH].[HH].[HH].[HH].[HH].[HH].[HH].[HH]. The number of carbonyl (C=O) groups is 2. The van der Waals surface area contributed by atoms with Gasteiger partial charge in [-0.05, 0) is 84.4 Å². The Morgan fingerprint density at radius 3 is 1.51 bits per heavy atom. The molecule has 0 aliphatic carbocycles. The lowest BCUT2D eigenvalue weighted by Gasteiger charge is -2.14. The first kappa shape index (κ1) is 38.9. The molecular weight excluding hydrogens is 514 g/mol. The lowest BCUT2D eigenvalue weighted by atomic mass is 10.0. The van der Waals surface area contributed by atoms with Crippen LogP contribution in [-0.2, 0) is 19.1 Å². The molecule has 0 aromatic rings. The van der Waals surface area contributed by atoms with Crippen molar-refractivity contribution in [1.29, 1.82) is 0 Å². The van der Waals surface area contributed by atoms with Gasteiger partial charge in [0.2, 0.25) is 0 Å². The van der Waals surface area contributed by atoms with Crippen LogP contribution in [0.5, 0.6) is 0 Å². The normalized spacial score (nSPS) is 8.95. The lowest BCUT2D eigenvalue weighted by molar-refractivity contribution is -0.159. The summed E-state index contributed by atoms with van der Waals surface area (Å²) in [4.78, 5) is 23.7. The highest BCUT2D eigenvalue weighted by Gasteiger charge is 2.15. The van der Waals surface area contributed by atoms with Crippen LogP contribution in [0.15, 0.2) is 0 Å². The predicted molar refractivity (Wildman–Crippen MR) is 191 cm³/mol. The van der Waals surface area contributed by atoms with E-state index >= 15 is 0 Å². The molecule has 0 saturated carbocycles. The van der Waals surface area contributed by atoms with Crippen LogP contribution in [0, 0.1) is 82.9 Å². The molecule has 0 radical (unpaired) electrons. The number of carbonyl (C=O) groups excluding carboxylic acids is 2. The zero-order chi connectivity index (χ0) is 29.4. The molecule has 0 fully saturated rings. The van der Waals surface area contributed by atoms with E-state index in [0.717, 1.165) is 19.3 Å². The van der Waals surface area contributed by atoms with Gasteiger partial charge < -0.3 is 20.7 Å². The first-order chi connectivity index (χ1) is 19.6. The topological polar surface area (TPSA) is 108 Å². The van der Waals surface area contributed by atoms with Crippen LogP contribution >= 0.6 is 0 Å². The van der Waals surface area contributed by atoms with Crippen molar-refractivity contribution in [3.05, 3.63) is 0 Å². The third-order valence-electron chi connectivity index (χ3n) is 5.36. The second kappa shape index (κ2) is 32.0. The molecule has 41 heavy (non-hydrogen) atoms. The maximum atomic E-state index is 12.0. The molecule has 0 rings (SSSR count). The van der Waals surface area contributed by atoms with E-state index in [4.69, 9.17) is 9.47 Å². The monoisotopic (exact) mass is 584 g/mol. The summed E-state index contributed by atoms with van der Waals surface area (Å²) in [5, 5.41) is 9.40. The van der Waals surface area contributed by atoms with Gasteiger partial charge in [-0.15, -0.1) is 0 Å². The second-order valence-electron chi connectivity index (χ2n) is 8.76. The molecule has 0 unspecified atom stereocenters. The Bertz CT molecular complexity index is 1230. The quantitative estimate of drug-likeness (QED) is 0.0727. The van der Waals surface area contributed by atoms with E-state index in [1.807, 2.05) is 0 Å². The fraction of sp³-hybridized carbons (Fsp3) is 0.543. The fourth-order valence-corrected chi connectivity index (χ4v) is 3.32. The number of ether oxygens (including phenoxy) is 2. The van der Waals surface area contributed by atoms with Crippen LogP contribution in [0.2, 0.25) is 0 Å². The van der Waals surface area contributed by atoms with Gasteiger partial charge in [-0.25, -0.2) is 4.79 Å². The lowest BCUT2D eigenvalue weighted by Crippen LogP contribution is -2.28. The molecule has 0 aliphatic heterocycles. The molecule has 244 valence electrons. The number of unbranched alkanes of at least 4 members (excludes halogenated alkanes) is 12. The number of esters is 2. The Hall–Kier alpha value is -4.22. The van der Waals surface area contributed by atoms with Crippen molar-refractivity contribution in [2.75, 3.05) is 13.2 Å². The maximum Gasteiger partial charge on any atom is 0.385 e. The summed E-state index contributed by atoms with van der Waals surface area (Å²) in [5.74, 6) is 33.0. The Balaban J connectivity index is -0.0000000836. The zero-order valence-corrected chi connectivity index (χ0v) is 24.7. The van der Waals surface area contributed by atoms with Gasteiger partial charge in [0.1, 0.15) is 6.61 Å². The van der Waals surface area contributed by atoms with Crippen LogP contribution in [0.4, 0.5) is 0 Å². The highest BCUT2D eigenvalue weighted by atomic mass is 16.6. The summed E-state index contributed by atoms with van der Waals surface area (Å²) in [6, 6.07) is 0. The number of hydrogen-bond donors (Lipinski definition) is 2. The summed E-state index contributed by atoms with van der Waals surface area (Å²) >= 11 is 0. The summed E-state index contributed by atoms with van der Waals surface area (Å²) < 4.78 is 10.1. The van der Waals surface area contributed by atoms with E-state index in [9.17, 15) is 14.7 Å². The molecule has 0 aromatic heterocycles. The molecule has 6 heteroatoms. The van der Waals surface area contributed by atoms with Crippen molar-refractivity contribution in [3.63, 3.8) is 0 Å². The second-order valence-corrected chi connectivity index (χ2v) is 8.76. The Kier molecular flexibility index (Phi) is 30.4. The average molecular weight is 584 g/mol. The minimum absolute atomic E-state index is 0. The van der Waals surface area contributed by atoms with Crippen LogP contribution in [-0.4, -0.2) is 36.4 Å². The largest absolute Gasteiger partial charge is 0.456 e. The first-order valence-corrected chi connectivity index (χ1v) is 14.0. The minimum Gasteiger partial charge on any atom is -0.456 e. The maximum absolute atomic E-state index is 12.0. The fourth-order valence-electron chi connectivity index (χ4n) is 3.32. The van der Waals surface area contributed by atoms with E-state index in [1.165, 1.54) is 64.2 Å². The van der Waals surface area contributed by atoms with Crippen molar-refractivity contribution < 1.29 is 42.7 Å². The Labute approximate surface area is 267 Å². The van der Waals surface area contributed by atoms with E-state index < -0.39 is 24.6 Å². The van der Waals surface area contributed by atoms with E-state index in [0.29, 0.717) is 0 Å². The third-order valence-corrected chi connectivity index (χ3v) is 5.36. The van der Waals surface area contributed by atoms with Crippen molar-refractivity contribution in [2.24, 2.45) is 0 Å². The molecule has 0 aromatic carbocycles. The molecule has 1 atom stereocenters. The van der Waals surface area contributed by atoms with Gasteiger partial charge in [0, 0.05) is 30.9 Å². The molecule has 0 aliphatic rings. The van der Waals surface area contributed by atoms with Crippen molar-refractivity contribution in [1.82, 2.24) is 6.15 Å².